The summed E-state index contributed by atoms with van der Waals surface area (Å²) in [7, 11) is -0.726. The summed E-state index contributed by atoms with van der Waals surface area (Å²) in [5.74, 6) is 0. The van der Waals surface area contributed by atoms with Gasteiger partial charge in [0.25, 0.3) is 10.0 Å². The molecule has 1 aliphatic rings. The topological polar surface area (TPSA) is 37.4 Å². The Morgan fingerprint density at radius 3 is 2.29 bits per heavy atom. The van der Waals surface area contributed by atoms with Crippen molar-refractivity contribution in [3.8, 4) is 11.1 Å². The Labute approximate surface area is 182 Å². The summed E-state index contributed by atoms with van der Waals surface area (Å²) in [5.41, 5.74) is 3.94. The number of aryl methyl sites for hydroxylation is 2. The number of fused-ring (bicyclic) bond motifs is 3. The third-order valence-electron chi connectivity index (χ3n) is 5.15. The Hall–Kier alpha value is -1.25. The molecule has 1 aliphatic heterocycles. The first-order valence-electron chi connectivity index (χ1n) is 8.61. The molecule has 8 heteroatoms. The molecule has 3 nitrogen and oxygen atoms in total. The van der Waals surface area contributed by atoms with Gasteiger partial charge in [0.1, 0.15) is 3.82 Å². The molecule has 0 atom stereocenters. The van der Waals surface area contributed by atoms with Crippen molar-refractivity contribution >= 4 is 60.2 Å². The number of rotatable bonds is 2. The van der Waals surface area contributed by atoms with E-state index in [9.17, 15) is 8.42 Å². The molecule has 4 rings (SSSR count). The predicted octanol–water partition coefficient (Wildman–Crippen LogP) is 6.92. The number of sulfonamides is 1. The fourth-order valence-corrected chi connectivity index (χ4v) is 8.86. The monoisotopic (exact) mass is 467 g/mol. The highest BCUT2D eigenvalue weighted by Crippen LogP contribution is 2.54. The largest absolute Gasteiger partial charge is 0.265 e. The van der Waals surface area contributed by atoms with Gasteiger partial charge in [0, 0.05) is 16.1 Å². The normalized spacial score (nSPS) is 15.2. The van der Waals surface area contributed by atoms with Gasteiger partial charge in [-0.15, -0.1) is 0 Å². The second-order valence-corrected chi connectivity index (χ2v) is 12.4. The van der Waals surface area contributed by atoms with Crippen LogP contribution in [0.2, 0.25) is 5.02 Å². The molecule has 0 saturated carbocycles. The first kappa shape index (κ1) is 20.0. The summed E-state index contributed by atoms with van der Waals surface area (Å²) in [6.07, 6.45) is 0. The maximum Gasteiger partial charge on any atom is 0.265 e. The summed E-state index contributed by atoms with van der Waals surface area (Å²) in [6, 6.07) is 10.3. The molecule has 3 aromatic rings. The van der Waals surface area contributed by atoms with Gasteiger partial charge < -0.3 is 0 Å². The van der Waals surface area contributed by atoms with E-state index in [1.165, 1.54) is 10.3 Å². The van der Waals surface area contributed by atoms with Crippen LogP contribution in [0.4, 0.5) is 5.69 Å². The van der Waals surface area contributed by atoms with E-state index < -0.39 is 15.6 Å². The summed E-state index contributed by atoms with van der Waals surface area (Å²) in [6.45, 7) is 7.91. The van der Waals surface area contributed by atoms with E-state index in [0.717, 1.165) is 31.0 Å². The Kier molecular flexibility index (Phi) is 4.75. The lowest BCUT2D eigenvalue weighted by Gasteiger charge is -2.43. The number of anilines is 1. The quantitative estimate of drug-likeness (QED) is 0.303. The van der Waals surface area contributed by atoms with Gasteiger partial charge in [-0.1, -0.05) is 44.5 Å². The molecule has 146 valence electrons. The lowest BCUT2D eigenvalue weighted by Crippen LogP contribution is -2.47. The zero-order chi connectivity index (χ0) is 20.4. The summed E-state index contributed by atoms with van der Waals surface area (Å²) in [5, 5.41) is 0.502. The Bertz CT molecular complexity index is 1250. The van der Waals surface area contributed by atoms with Gasteiger partial charge in [0.05, 0.1) is 21.0 Å². The van der Waals surface area contributed by atoms with Crippen molar-refractivity contribution in [3.63, 3.8) is 0 Å². The van der Waals surface area contributed by atoms with Crippen molar-refractivity contribution in [2.75, 3.05) is 4.31 Å². The summed E-state index contributed by atoms with van der Waals surface area (Å²) >= 11 is 11.6. The average molecular weight is 468 g/mol. The molecule has 1 aromatic heterocycles. The van der Waals surface area contributed by atoms with E-state index in [1.54, 1.807) is 38.9 Å². The molecule has 0 unspecified atom stereocenters. The van der Waals surface area contributed by atoms with E-state index in [-0.39, 0.29) is 4.90 Å². The van der Waals surface area contributed by atoms with E-state index in [2.05, 4.69) is 6.07 Å². The second kappa shape index (κ2) is 6.64. The van der Waals surface area contributed by atoms with Gasteiger partial charge in [-0.25, -0.2) is 8.42 Å². The molecule has 0 N–H and O–H groups in total. The molecule has 0 bridgehead atoms. The van der Waals surface area contributed by atoms with E-state index >= 15 is 0 Å². The smallest absolute Gasteiger partial charge is 0.255 e. The van der Waals surface area contributed by atoms with Crippen molar-refractivity contribution in [3.05, 3.63) is 61.2 Å². The summed E-state index contributed by atoms with van der Waals surface area (Å²) in [4.78, 5) is 1.20. The number of nitrogens with zero attached hydrogens (tertiary/aromatic N) is 1. The van der Waals surface area contributed by atoms with Crippen LogP contribution in [0.1, 0.15) is 29.9 Å². The van der Waals surface area contributed by atoms with Gasteiger partial charge in [-0.3, -0.25) is 4.31 Å². The van der Waals surface area contributed by atoms with Crippen LogP contribution in [0.25, 0.3) is 11.1 Å². The summed E-state index contributed by atoms with van der Waals surface area (Å²) < 4.78 is 29.9. The van der Waals surface area contributed by atoms with Crippen molar-refractivity contribution in [1.29, 1.82) is 0 Å². The highest BCUT2D eigenvalue weighted by Gasteiger charge is 2.46. The Balaban J connectivity index is 2.07. The zero-order valence-electron chi connectivity index (χ0n) is 15.7. The number of halogens is 1. The SMILES string of the molecule is Cc1cc2c(cc1C)N(S(=O)(=O)c1ccc(Cl)cc1)C(C)(C)c1ssc(=S)c1-2. The van der Waals surface area contributed by atoms with Crippen molar-refractivity contribution in [1.82, 2.24) is 0 Å². The van der Waals surface area contributed by atoms with Gasteiger partial charge in [0.15, 0.2) is 0 Å². The fourth-order valence-electron chi connectivity index (χ4n) is 3.60. The minimum absolute atomic E-state index is 0.219. The first-order valence-corrected chi connectivity index (χ1v) is 13.0. The molecule has 0 aliphatic carbocycles. The van der Waals surface area contributed by atoms with Gasteiger partial charge in [0.2, 0.25) is 0 Å². The van der Waals surface area contributed by atoms with Crippen LogP contribution < -0.4 is 4.31 Å². The number of hydrogen-bond acceptors (Lipinski definition) is 5. The molecular weight excluding hydrogens is 450 g/mol. The second-order valence-electron chi connectivity index (χ2n) is 7.39. The minimum atomic E-state index is -3.81. The Morgan fingerprint density at radius 2 is 1.64 bits per heavy atom. The Morgan fingerprint density at radius 1 is 1.04 bits per heavy atom. The number of hydrogen-bond donors (Lipinski definition) is 0. The molecular formula is C20H18ClNO2S4. The van der Waals surface area contributed by atoms with Crippen LogP contribution in [0.3, 0.4) is 0 Å². The minimum Gasteiger partial charge on any atom is -0.255 e. The first-order chi connectivity index (χ1) is 13.0. The third kappa shape index (κ3) is 2.87. The maximum absolute atomic E-state index is 13.8. The molecule has 0 spiro atoms. The lowest BCUT2D eigenvalue weighted by molar-refractivity contribution is 0.525. The third-order valence-corrected chi connectivity index (χ3v) is 10.7. The van der Waals surface area contributed by atoms with E-state index in [0.29, 0.717) is 10.7 Å². The van der Waals surface area contributed by atoms with Crippen molar-refractivity contribution < 1.29 is 8.42 Å². The molecule has 0 fully saturated rings. The number of benzene rings is 2. The average Bonchev–Trinajstić information content (AvgIpc) is 3.00. The fraction of sp³-hybridized carbons (Fsp3) is 0.250. The van der Waals surface area contributed by atoms with E-state index in [4.69, 9.17) is 23.8 Å². The van der Waals surface area contributed by atoms with Crippen LogP contribution in [0, 0.1) is 17.7 Å². The molecule has 2 heterocycles. The molecule has 2 aromatic carbocycles. The molecule has 0 amide bonds. The molecule has 0 saturated heterocycles. The van der Waals surface area contributed by atoms with E-state index in [1.807, 2.05) is 33.8 Å². The van der Waals surface area contributed by atoms with Crippen LogP contribution in [0.15, 0.2) is 41.3 Å². The van der Waals surface area contributed by atoms with Crippen molar-refractivity contribution in [2.45, 2.75) is 38.1 Å². The predicted molar refractivity (Wildman–Crippen MR) is 122 cm³/mol. The standard InChI is InChI=1S/C20H18ClNO2S4/c1-11-9-15-16(10-12(11)2)22(20(3,4)18-17(15)19(25)27-26-18)28(23,24)14-7-5-13(21)6-8-14/h5-10H,1-4H3. The lowest BCUT2D eigenvalue weighted by atomic mass is 9.88. The highest BCUT2D eigenvalue weighted by molar-refractivity contribution is 7.93. The van der Waals surface area contributed by atoms with Crippen LogP contribution >= 0.6 is 44.5 Å². The zero-order valence-corrected chi connectivity index (χ0v) is 19.8. The highest BCUT2D eigenvalue weighted by atomic mass is 35.5. The maximum atomic E-state index is 13.8. The van der Waals surface area contributed by atoms with Gasteiger partial charge in [-0.2, -0.15) is 0 Å². The van der Waals surface area contributed by atoms with Crippen LogP contribution in [-0.2, 0) is 15.6 Å². The van der Waals surface area contributed by atoms with Gasteiger partial charge >= 0.3 is 0 Å². The van der Waals surface area contributed by atoms with Crippen molar-refractivity contribution in [2.24, 2.45) is 0 Å². The molecule has 0 radical (unpaired) electrons. The molecule has 28 heavy (non-hydrogen) atoms. The van der Waals surface area contributed by atoms with Gasteiger partial charge in [-0.05, 0) is 75.2 Å². The van der Waals surface area contributed by atoms with Crippen LogP contribution in [-0.4, -0.2) is 8.42 Å². The van der Waals surface area contributed by atoms with Crippen LogP contribution in [0.5, 0.6) is 0 Å².